The van der Waals surface area contributed by atoms with Crippen LogP contribution in [0.2, 0.25) is 0 Å². The summed E-state index contributed by atoms with van der Waals surface area (Å²) in [6.07, 6.45) is 3.74. The minimum Gasteiger partial charge on any atom is -0.263 e. The van der Waals surface area contributed by atoms with Crippen LogP contribution in [0.25, 0.3) is 0 Å². The maximum atomic E-state index is 12.1. The smallest absolute Gasteiger partial charge is 0.263 e. The van der Waals surface area contributed by atoms with E-state index in [9.17, 15) is 8.42 Å². The van der Waals surface area contributed by atoms with Gasteiger partial charge in [0.2, 0.25) is 0 Å². The van der Waals surface area contributed by atoms with Crippen molar-refractivity contribution in [1.82, 2.24) is 9.97 Å². The molecule has 1 N–H and O–H groups in total. The first-order valence-electron chi connectivity index (χ1n) is 6.06. The van der Waals surface area contributed by atoms with Crippen molar-refractivity contribution in [1.29, 1.82) is 0 Å². The van der Waals surface area contributed by atoms with Gasteiger partial charge in [-0.05, 0) is 31.0 Å². The molecule has 0 atom stereocenters. The molecule has 0 bridgehead atoms. The van der Waals surface area contributed by atoms with E-state index in [-0.39, 0.29) is 4.90 Å². The summed E-state index contributed by atoms with van der Waals surface area (Å²) < 4.78 is 26.7. The SMILES string of the molecule is O=S(=O)(Nc1ccnc(C2CC2)n1)c1ccccc1. The highest BCUT2D eigenvalue weighted by molar-refractivity contribution is 7.92. The standard InChI is InChI=1S/C13H13N3O2S/c17-19(18,11-4-2-1-3-5-11)16-12-8-9-14-13(15-12)10-6-7-10/h1-5,8-10H,6-7H2,(H,14,15,16). The zero-order valence-electron chi connectivity index (χ0n) is 10.2. The molecule has 0 saturated heterocycles. The Morgan fingerprint density at radius 1 is 1.11 bits per heavy atom. The van der Waals surface area contributed by atoms with Gasteiger partial charge < -0.3 is 0 Å². The molecular formula is C13H13N3O2S. The van der Waals surface area contributed by atoms with E-state index in [0.29, 0.717) is 17.6 Å². The van der Waals surface area contributed by atoms with Crippen LogP contribution >= 0.6 is 0 Å². The van der Waals surface area contributed by atoms with Gasteiger partial charge in [-0.3, -0.25) is 4.72 Å². The largest absolute Gasteiger partial charge is 0.263 e. The van der Waals surface area contributed by atoms with E-state index in [0.717, 1.165) is 12.8 Å². The molecule has 1 aromatic heterocycles. The molecule has 1 saturated carbocycles. The topological polar surface area (TPSA) is 72.0 Å². The summed E-state index contributed by atoms with van der Waals surface area (Å²) in [6.45, 7) is 0. The Labute approximate surface area is 111 Å². The van der Waals surface area contributed by atoms with Crippen molar-refractivity contribution >= 4 is 15.8 Å². The molecule has 19 heavy (non-hydrogen) atoms. The van der Waals surface area contributed by atoms with Crippen LogP contribution in [-0.2, 0) is 10.0 Å². The van der Waals surface area contributed by atoms with Crippen LogP contribution in [0.3, 0.4) is 0 Å². The van der Waals surface area contributed by atoms with Gasteiger partial charge in [-0.15, -0.1) is 0 Å². The summed E-state index contributed by atoms with van der Waals surface area (Å²) in [5, 5.41) is 0. The Hall–Kier alpha value is -1.95. The van der Waals surface area contributed by atoms with Gasteiger partial charge in [0.1, 0.15) is 11.6 Å². The average molecular weight is 275 g/mol. The van der Waals surface area contributed by atoms with Crippen molar-refractivity contribution in [2.24, 2.45) is 0 Å². The Morgan fingerprint density at radius 2 is 1.84 bits per heavy atom. The number of rotatable bonds is 4. The van der Waals surface area contributed by atoms with E-state index in [2.05, 4.69) is 14.7 Å². The third kappa shape index (κ3) is 2.73. The fourth-order valence-electron chi connectivity index (χ4n) is 1.77. The Morgan fingerprint density at radius 3 is 2.53 bits per heavy atom. The number of aromatic nitrogens is 2. The van der Waals surface area contributed by atoms with Crippen LogP contribution in [0.4, 0.5) is 5.82 Å². The monoisotopic (exact) mass is 275 g/mol. The molecule has 0 unspecified atom stereocenters. The van der Waals surface area contributed by atoms with Crippen molar-refractivity contribution in [2.45, 2.75) is 23.7 Å². The number of anilines is 1. The summed E-state index contributed by atoms with van der Waals surface area (Å²) in [5.41, 5.74) is 0. The first-order valence-corrected chi connectivity index (χ1v) is 7.54. The van der Waals surface area contributed by atoms with Crippen molar-refractivity contribution < 1.29 is 8.42 Å². The number of hydrogen-bond acceptors (Lipinski definition) is 4. The molecule has 0 amide bonds. The fourth-order valence-corrected chi connectivity index (χ4v) is 2.79. The first kappa shape index (κ1) is 12.1. The van der Waals surface area contributed by atoms with Crippen LogP contribution in [-0.4, -0.2) is 18.4 Å². The molecule has 1 fully saturated rings. The van der Waals surface area contributed by atoms with Gasteiger partial charge in [0, 0.05) is 12.1 Å². The molecule has 1 aliphatic rings. The molecule has 0 spiro atoms. The second kappa shape index (κ2) is 4.62. The van der Waals surface area contributed by atoms with E-state index in [4.69, 9.17) is 0 Å². The third-order valence-corrected chi connectivity index (χ3v) is 4.28. The summed E-state index contributed by atoms with van der Waals surface area (Å²) >= 11 is 0. The second-order valence-electron chi connectivity index (χ2n) is 4.49. The fraction of sp³-hybridized carbons (Fsp3) is 0.231. The van der Waals surface area contributed by atoms with Crippen LogP contribution in [0.15, 0.2) is 47.5 Å². The number of nitrogens with one attached hydrogen (secondary N) is 1. The highest BCUT2D eigenvalue weighted by Crippen LogP contribution is 2.38. The quantitative estimate of drug-likeness (QED) is 0.928. The molecule has 6 heteroatoms. The molecule has 1 aromatic carbocycles. The lowest BCUT2D eigenvalue weighted by molar-refractivity contribution is 0.601. The van der Waals surface area contributed by atoms with E-state index >= 15 is 0 Å². The average Bonchev–Trinajstić information content (AvgIpc) is 3.24. The maximum Gasteiger partial charge on any atom is 0.263 e. The third-order valence-electron chi connectivity index (χ3n) is 2.91. The van der Waals surface area contributed by atoms with Crippen molar-refractivity contribution in [3.8, 4) is 0 Å². The molecule has 98 valence electrons. The first-order chi connectivity index (χ1) is 9.15. The normalized spacial score (nSPS) is 15.2. The Balaban J connectivity index is 1.86. The van der Waals surface area contributed by atoms with E-state index in [1.54, 1.807) is 42.6 Å². The van der Waals surface area contributed by atoms with Gasteiger partial charge in [-0.25, -0.2) is 18.4 Å². The van der Waals surface area contributed by atoms with Gasteiger partial charge in [0.25, 0.3) is 10.0 Å². The highest BCUT2D eigenvalue weighted by atomic mass is 32.2. The highest BCUT2D eigenvalue weighted by Gasteiger charge is 2.27. The minimum absolute atomic E-state index is 0.224. The number of hydrogen-bond donors (Lipinski definition) is 1. The van der Waals surface area contributed by atoms with E-state index in [1.807, 2.05) is 0 Å². The molecule has 0 aliphatic heterocycles. The lowest BCUT2D eigenvalue weighted by atomic mass is 10.4. The van der Waals surface area contributed by atoms with Crippen LogP contribution in [0, 0.1) is 0 Å². The van der Waals surface area contributed by atoms with E-state index in [1.165, 1.54) is 0 Å². The van der Waals surface area contributed by atoms with Gasteiger partial charge in [-0.1, -0.05) is 18.2 Å². The summed E-state index contributed by atoms with van der Waals surface area (Å²) in [4.78, 5) is 8.63. The van der Waals surface area contributed by atoms with Gasteiger partial charge in [0.15, 0.2) is 0 Å². The lowest BCUT2D eigenvalue weighted by Crippen LogP contribution is -2.14. The number of sulfonamides is 1. The Kier molecular flexibility index (Phi) is 2.94. The Bertz CT molecular complexity index is 682. The molecule has 1 heterocycles. The molecule has 0 radical (unpaired) electrons. The summed E-state index contributed by atoms with van der Waals surface area (Å²) in [7, 11) is -3.58. The van der Waals surface area contributed by atoms with Gasteiger partial charge in [0.05, 0.1) is 4.90 Å². The number of nitrogens with zero attached hydrogens (tertiary/aromatic N) is 2. The van der Waals surface area contributed by atoms with Gasteiger partial charge >= 0.3 is 0 Å². The molecular weight excluding hydrogens is 262 g/mol. The van der Waals surface area contributed by atoms with Gasteiger partial charge in [-0.2, -0.15) is 0 Å². The van der Waals surface area contributed by atoms with Crippen molar-refractivity contribution in [3.05, 3.63) is 48.4 Å². The maximum absolute atomic E-state index is 12.1. The lowest BCUT2D eigenvalue weighted by Gasteiger charge is -2.07. The summed E-state index contributed by atoms with van der Waals surface area (Å²) in [5.74, 6) is 1.43. The van der Waals surface area contributed by atoms with E-state index < -0.39 is 10.0 Å². The molecule has 2 aromatic rings. The predicted octanol–water partition coefficient (Wildman–Crippen LogP) is 2.15. The predicted molar refractivity (Wildman–Crippen MR) is 71.3 cm³/mol. The molecule has 5 nitrogen and oxygen atoms in total. The van der Waals surface area contributed by atoms with Crippen molar-refractivity contribution in [3.63, 3.8) is 0 Å². The molecule has 3 rings (SSSR count). The zero-order valence-corrected chi connectivity index (χ0v) is 11.0. The van der Waals surface area contributed by atoms with Crippen LogP contribution in [0.5, 0.6) is 0 Å². The van der Waals surface area contributed by atoms with Crippen LogP contribution < -0.4 is 4.72 Å². The minimum atomic E-state index is -3.58. The van der Waals surface area contributed by atoms with Crippen molar-refractivity contribution in [2.75, 3.05) is 4.72 Å². The second-order valence-corrected chi connectivity index (χ2v) is 6.18. The number of benzene rings is 1. The summed E-state index contributed by atoms with van der Waals surface area (Å²) in [6, 6.07) is 9.80. The zero-order chi connectivity index (χ0) is 13.3. The van der Waals surface area contributed by atoms with Crippen LogP contribution in [0.1, 0.15) is 24.6 Å². The molecule has 1 aliphatic carbocycles.